The number of phenolic OH excluding ortho intramolecular Hbond substituents is 1. The lowest BCUT2D eigenvalue weighted by Gasteiger charge is -2.19. The first-order valence-corrected chi connectivity index (χ1v) is 5.11. The Morgan fingerprint density at radius 1 is 1.47 bits per heavy atom. The van der Waals surface area contributed by atoms with Crippen LogP contribution < -0.4 is 5.32 Å². The number of hydrogen-bond donors (Lipinski definition) is 2. The minimum atomic E-state index is -0.624. The van der Waals surface area contributed by atoms with Gasteiger partial charge in [-0.3, -0.25) is 5.32 Å². The second-order valence-corrected chi connectivity index (χ2v) is 4.50. The first-order valence-electron chi connectivity index (χ1n) is 5.11. The Hall–Kier alpha value is -2.15. The lowest BCUT2D eigenvalue weighted by atomic mass is 10.2. The zero-order chi connectivity index (χ0) is 13.1. The molecule has 17 heavy (non-hydrogen) atoms. The maximum absolute atomic E-state index is 11.5. The highest BCUT2D eigenvalue weighted by Crippen LogP contribution is 2.24. The van der Waals surface area contributed by atoms with Crippen molar-refractivity contribution in [3.8, 4) is 18.1 Å². The summed E-state index contributed by atoms with van der Waals surface area (Å²) in [6.07, 6.45) is 4.56. The molecular formula is C13H15NO3. The van der Waals surface area contributed by atoms with Crippen LogP contribution in [0.25, 0.3) is 0 Å². The third-order valence-electron chi connectivity index (χ3n) is 1.80. The molecule has 0 saturated heterocycles. The molecule has 0 spiro atoms. The van der Waals surface area contributed by atoms with Gasteiger partial charge in [0, 0.05) is 5.56 Å². The number of hydrogen-bond acceptors (Lipinski definition) is 3. The van der Waals surface area contributed by atoms with Crippen LogP contribution in [0.2, 0.25) is 0 Å². The van der Waals surface area contributed by atoms with E-state index in [4.69, 9.17) is 11.2 Å². The van der Waals surface area contributed by atoms with E-state index in [0.29, 0.717) is 5.56 Å². The number of benzene rings is 1. The summed E-state index contributed by atoms with van der Waals surface area (Å²) in [6, 6.07) is 4.54. The molecule has 1 aromatic rings. The van der Waals surface area contributed by atoms with Gasteiger partial charge in [-0.2, -0.15) is 0 Å². The summed E-state index contributed by atoms with van der Waals surface area (Å²) in [6.45, 7) is 5.27. The van der Waals surface area contributed by atoms with Crippen molar-refractivity contribution in [2.75, 3.05) is 5.32 Å². The van der Waals surface area contributed by atoms with Crippen molar-refractivity contribution in [2.24, 2.45) is 0 Å². The van der Waals surface area contributed by atoms with E-state index >= 15 is 0 Å². The lowest BCUT2D eigenvalue weighted by Crippen LogP contribution is -2.27. The van der Waals surface area contributed by atoms with Gasteiger partial charge in [-0.25, -0.2) is 4.79 Å². The van der Waals surface area contributed by atoms with Gasteiger partial charge >= 0.3 is 6.09 Å². The van der Waals surface area contributed by atoms with Crippen molar-refractivity contribution in [3.63, 3.8) is 0 Å². The number of anilines is 1. The van der Waals surface area contributed by atoms with Crippen LogP contribution in [0.15, 0.2) is 18.2 Å². The molecule has 90 valence electrons. The van der Waals surface area contributed by atoms with Crippen LogP contribution in [0, 0.1) is 12.3 Å². The molecule has 0 unspecified atom stereocenters. The summed E-state index contributed by atoms with van der Waals surface area (Å²) in [5, 5.41) is 12.0. The Morgan fingerprint density at radius 3 is 2.59 bits per heavy atom. The van der Waals surface area contributed by atoms with E-state index < -0.39 is 11.7 Å². The maximum Gasteiger partial charge on any atom is 0.412 e. The first-order chi connectivity index (χ1) is 7.81. The monoisotopic (exact) mass is 233 g/mol. The summed E-state index contributed by atoms with van der Waals surface area (Å²) in [5.41, 5.74) is 0.217. The Labute approximate surface area is 101 Å². The van der Waals surface area contributed by atoms with Gasteiger partial charge in [0.25, 0.3) is 0 Å². The number of carbonyl (C=O) groups is 1. The summed E-state index contributed by atoms with van der Waals surface area (Å²) in [4.78, 5) is 11.5. The predicted octanol–water partition coefficient (Wildman–Crippen LogP) is 2.72. The van der Waals surface area contributed by atoms with Gasteiger partial charge in [0.15, 0.2) is 0 Å². The number of nitrogens with one attached hydrogen (secondary N) is 1. The van der Waals surface area contributed by atoms with E-state index in [1.807, 2.05) is 0 Å². The van der Waals surface area contributed by atoms with Gasteiger partial charge in [-0.1, -0.05) is 5.92 Å². The van der Waals surface area contributed by atoms with Crippen LogP contribution in [0.1, 0.15) is 26.3 Å². The lowest BCUT2D eigenvalue weighted by molar-refractivity contribution is 0.0635. The summed E-state index contributed by atoms with van der Waals surface area (Å²) >= 11 is 0. The molecule has 0 aromatic heterocycles. The average Bonchev–Trinajstić information content (AvgIpc) is 2.18. The van der Waals surface area contributed by atoms with Crippen molar-refractivity contribution >= 4 is 11.8 Å². The van der Waals surface area contributed by atoms with E-state index in [2.05, 4.69) is 11.2 Å². The number of carbonyl (C=O) groups excluding carboxylic acids is 1. The van der Waals surface area contributed by atoms with Crippen molar-refractivity contribution in [1.82, 2.24) is 0 Å². The maximum atomic E-state index is 11.5. The Bertz CT molecular complexity index is 467. The Morgan fingerprint density at radius 2 is 2.12 bits per heavy atom. The minimum Gasteiger partial charge on any atom is -0.506 e. The van der Waals surface area contributed by atoms with Crippen molar-refractivity contribution in [1.29, 1.82) is 0 Å². The van der Waals surface area contributed by atoms with Crippen molar-refractivity contribution < 1.29 is 14.6 Å². The smallest absolute Gasteiger partial charge is 0.412 e. The highest BCUT2D eigenvalue weighted by molar-refractivity contribution is 5.87. The third-order valence-corrected chi connectivity index (χ3v) is 1.80. The fourth-order valence-corrected chi connectivity index (χ4v) is 1.14. The molecule has 2 N–H and O–H groups in total. The number of amides is 1. The summed E-state index contributed by atoms with van der Waals surface area (Å²) in [7, 11) is 0. The first kappa shape index (κ1) is 12.9. The highest BCUT2D eigenvalue weighted by Gasteiger charge is 2.17. The molecule has 0 heterocycles. The summed E-state index contributed by atoms with van der Waals surface area (Å²) < 4.78 is 5.05. The predicted molar refractivity (Wildman–Crippen MR) is 65.9 cm³/mol. The zero-order valence-corrected chi connectivity index (χ0v) is 10.1. The fraction of sp³-hybridized carbons (Fsp3) is 0.308. The highest BCUT2D eigenvalue weighted by atomic mass is 16.6. The fourth-order valence-electron chi connectivity index (χ4n) is 1.14. The normalized spacial score (nSPS) is 10.5. The van der Waals surface area contributed by atoms with E-state index in [1.165, 1.54) is 12.1 Å². The molecule has 1 amide bonds. The SMILES string of the molecule is C#Cc1ccc(NC(=O)OC(C)(C)C)c(O)c1. The molecule has 1 rings (SSSR count). The Kier molecular flexibility index (Phi) is 3.64. The molecule has 1 aromatic carbocycles. The van der Waals surface area contributed by atoms with Gasteiger partial charge in [-0.05, 0) is 39.0 Å². The Balaban J connectivity index is 2.76. The van der Waals surface area contributed by atoms with E-state index in [9.17, 15) is 9.90 Å². The largest absolute Gasteiger partial charge is 0.506 e. The topological polar surface area (TPSA) is 58.6 Å². The van der Waals surface area contributed by atoms with Crippen LogP contribution in [0.3, 0.4) is 0 Å². The van der Waals surface area contributed by atoms with Gasteiger partial charge in [0.1, 0.15) is 11.4 Å². The van der Waals surface area contributed by atoms with E-state index in [1.54, 1.807) is 26.8 Å². The van der Waals surface area contributed by atoms with Crippen LogP contribution in [0.4, 0.5) is 10.5 Å². The number of phenols is 1. The molecule has 0 aliphatic rings. The second-order valence-electron chi connectivity index (χ2n) is 4.50. The second kappa shape index (κ2) is 4.79. The molecule has 4 heteroatoms. The van der Waals surface area contributed by atoms with Gasteiger partial charge in [0.2, 0.25) is 0 Å². The number of aromatic hydroxyl groups is 1. The summed E-state index contributed by atoms with van der Waals surface area (Å²) in [5.74, 6) is 2.29. The number of ether oxygens (including phenoxy) is 1. The molecule has 0 aliphatic carbocycles. The molecule has 0 bridgehead atoms. The van der Waals surface area contributed by atoms with Gasteiger partial charge in [0.05, 0.1) is 5.69 Å². The number of terminal acetylenes is 1. The zero-order valence-electron chi connectivity index (χ0n) is 10.1. The quantitative estimate of drug-likeness (QED) is 0.579. The van der Waals surface area contributed by atoms with Crippen LogP contribution in [0.5, 0.6) is 5.75 Å². The molecule has 4 nitrogen and oxygen atoms in total. The average molecular weight is 233 g/mol. The molecule has 0 radical (unpaired) electrons. The van der Waals surface area contributed by atoms with Crippen molar-refractivity contribution in [3.05, 3.63) is 23.8 Å². The van der Waals surface area contributed by atoms with Crippen molar-refractivity contribution in [2.45, 2.75) is 26.4 Å². The van der Waals surface area contributed by atoms with Crippen LogP contribution >= 0.6 is 0 Å². The number of rotatable bonds is 1. The molecular weight excluding hydrogens is 218 g/mol. The van der Waals surface area contributed by atoms with Crippen LogP contribution in [-0.2, 0) is 4.74 Å². The molecule has 0 atom stereocenters. The van der Waals surface area contributed by atoms with Gasteiger partial charge in [-0.15, -0.1) is 6.42 Å². The standard InChI is InChI=1S/C13H15NO3/c1-5-9-6-7-10(11(15)8-9)14-12(16)17-13(2,3)4/h1,6-8,15H,2-4H3,(H,14,16). The van der Waals surface area contributed by atoms with E-state index in [-0.39, 0.29) is 11.4 Å². The minimum absolute atomic E-state index is 0.0914. The third kappa shape index (κ3) is 4.07. The van der Waals surface area contributed by atoms with Crippen LogP contribution in [-0.4, -0.2) is 16.8 Å². The molecule has 0 aliphatic heterocycles. The van der Waals surface area contributed by atoms with Gasteiger partial charge < -0.3 is 9.84 Å². The van der Waals surface area contributed by atoms with E-state index in [0.717, 1.165) is 0 Å². The molecule has 0 fully saturated rings. The molecule has 0 saturated carbocycles.